The summed E-state index contributed by atoms with van der Waals surface area (Å²) in [6, 6.07) is 0. The van der Waals surface area contributed by atoms with Crippen LogP contribution in [0.3, 0.4) is 0 Å². The summed E-state index contributed by atoms with van der Waals surface area (Å²) in [5.74, 6) is 0. The molecular weight excluding hydrogens is 277 g/mol. The molecule has 0 spiro atoms. The smallest absolute Gasteiger partial charge is 2.00 e. The second-order valence-electron chi connectivity index (χ2n) is 0.149. The van der Waals surface area contributed by atoms with Gasteiger partial charge in [-0.25, -0.2) is 0 Å². The SMILES string of the molecule is O=[As][O-].O=[As][O-].[Cu+2]. The van der Waals surface area contributed by atoms with Gasteiger partial charge in [-0.2, -0.15) is 0 Å². The third-order valence-electron chi connectivity index (χ3n) is 0. The molecular formula is As2CuO4. The molecule has 0 aromatic heterocycles. The van der Waals surface area contributed by atoms with Crippen LogP contribution in [0.2, 0.25) is 0 Å². The van der Waals surface area contributed by atoms with E-state index in [0.717, 1.165) is 0 Å². The van der Waals surface area contributed by atoms with Gasteiger partial charge in [0.2, 0.25) is 0 Å². The van der Waals surface area contributed by atoms with Crippen molar-refractivity contribution >= 4 is 32.1 Å². The molecule has 7 heavy (non-hydrogen) atoms. The van der Waals surface area contributed by atoms with Crippen molar-refractivity contribution in [3.8, 4) is 0 Å². The van der Waals surface area contributed by atoms with E-state index in [1.807, 2.05) is 0 Å². The fourth-order valence-electron chi connectivity index (χ4n) is 0. The second kappa shape index (κ2) is 27.2. The predicted molar refractivity (Wildman–Crippen MR) is 12.9 cm³/mol. The fraction of sp³-hybridized carbons (Fsp3) is 0. The van der Waals surface area contributed by atoms with Crippen LogP contribution in [-0.2, 0) is 24.5 Å². The first kappa shape index (κ1) is 15.7. The van der Waals surface area contributed by atoms with Crippen molar-refractivity contribution in [1.82, 2.24) is 0 Å². The third kappa shape index (κ3) is 142. The minimum absolute atomic E-state index is 0. The fourth-order valence-corrected chi connectivity index (χ4v) is 0. The third-order valence-corrected chi connectivity index (χ3v) is 0. The van der Waals surface area contributed by atoms with Gasteiger partial charge in [-0.15, -0.1) is 0 Å². The summed E-state index contributed by atoms with van der Waals surface area (Å²) in [5, 5.41) is 0. The van der Waals surface area contributed by atoms with Crippen LogP contribution in [0.4, 0.5) is 0 Å². The zero-order valence-electron chi connectivity index (χ0n) is 2.83. The summed E-state index contributed by atoms with van der Waals surface area (Å²) in [5.41, 5.74) is 0. The first-order valence-corrected chi connectivity index (χ1v) is 3.79. The Hall–Kier alpha value is 1.16. The normalized spacial score (nSPS) is 6.00. The van der Waals surface area contributed by atoms with Gasteiger partial charge in [-0.1, -0.05) is 0 Å². The van der Waals surface area contributed by atoms with Crippen LogP contribution in [0.1, 0.15) is 0 Å². The van der Waals surface area contributed by atoms with Crippen LogP contribution in [0.25, 0.3) is 0 Å². The van der Waals surface area contributed by atoms with Crippen LogP contribution in [0.5, 0.6) is 0 Å². The van der Waals surface area contributed by atoms with E-state index in [0.29, 0.717) is 0 Å². The predicted octanol–water partition coefficient (Wildman–Crippen LogP) is -3.38. The Morgan fingerprint density at radius 1 is 1.00 bits per heavy atom. The first-order valence-electron chi connectivity index (χ1n) is 0.730. The van der Waals surface area contributed by atoms with Crippen molar-refractivity contribution in [2.45, 2.75) is 0 Å². The molecule has 0 unspecified atom stereocenters. The van der Waals surface area contributed by atoms with Gasteiger partial charge in [0.25, 0.3) is 0 Å². The van der Waals surface area contributed by atoms with Gasteiger partial charge in [0.1, 0.15) is 0 Å². The van der Waals surface area contributed by atoms with Crippen LogP contribution < -0.4 is 8.19 Å². The van der Waals surface area contributed by atoms with Crippen molar-refractivity contribution < 1.29 is 32.7 Å². The first-order chi connectivity index (χ1) is 2.83. The van der Waals surface area contributed by atoms with Gasteiger partial charge in [0.05, 0.1) is 0 Å². The topological polar surface area (TPSA) is 80.3 Å². The standard InChI is InChI=1S/2AsHO2.Cu/c2*2-1-3;/h2*(H,2,3);/q;;+2/p-2. The maximum atomic E-state index is 8.47. The summed E-state index contributed by atoms with van der Waals surface area (Å²) in [4.78, 5) is 0. The Morgan fingerprint density at radius 3 is 1.00 bits per heavy atom. The molecule has 0 saturated carbocycles. The summed E-state index contributed by atoms with van der Waals surface area (Å²) >= 11 is -3.62. The van der Waals surface area contributed by atoms with Crippen LogP contribution in [0, 0.1) is 0 Å². The van der Waals surface area contributed by atoms with E-state index >= 15 is 0 Å². The molecule has 0 fully saturated rings. The largest absolute Gasteiger partial charge is 2.00 e. The average Bonchev–Trinajstić information content (AvgIpc) is 1.39. The van der Waals surface area contributed by atoms with Crippen LogP contribution >= 0.6 is 0 Å². The van der Waals surface area contributed by atoms with Gasteiger partial charge < -0.3 is 0 Å². The monoisotopic (exact) mass is 277 g/mol. The summed E-state index contributed by atoms with van der Waals surface area (Å²) < 4.78 is 33.9. The maximum absolute atomic E-state index is 8.47. The van der Waals surface area contributed by atoms with E-state index in [2.05, 4.69) is 0 Å². The minimum atomic E-state index is -1.81. The van der Waals surface area contributed by atoms with Crippen molar-refractivity contribution in [2.75, 3.05) is 0 Å². The molecule has 0 aromatic rings. The maximum Gasteiger partial charge on any atom is 2.00 e. The van der Waals surface area contributed by atoms with E-state index < -0.39 is 32.1 Å². The zero-order valence-corrected chi connectivity index (χ0v) is 7.52. The molecule has 0 heterocycles. The average molecular weight is 277 g/mol. The molecule has 0 aliphatic carbocycles. The van der Waals surface area contributed by atoms with Gasteiger partial charge in [-0.05, 0) is 0 Å². The Labute approximate surface area is 64.7 Å². The van der Waals surface area contributed by atoms with Gasteiger partial charge in [0, 0.05) is 0 Å². The Balaban J connectivity index is -0.0000000400. The Morgan fingerprint density at radius 2 is 1.00 bits per heavy atom. The number of rotatable bonds is 0. The van der Waals surface area contributed by atoms with Gasteiger partial charge >= 0.3 is 64.8 Å². The molecule has 0 N–H and O–H groups in total. The molecule has 0 saturated heterocycles. The van der Waals surface area contributed by atoms with Crippen LogP contribution in [-0.4, -0.2) is 32.1 Å². The van der Waals surface area contributed by atoms with Crippen molar-refractivity contribution in [2.24, 2.45) is 0 Å². The number of hydrogen-bond acceptors (Lipinski definition) is 4. The molecule has 0 amide bonds. The molecule has 0 bridgehead atoms. The molecule has 0 rings (SSSR count). The van der Waals surface area contributed by atoms with Gasteiger partial charge in [0.15, 0.2) is 0 Å². The van der Waals surface area contributed by atoms with Crippen molar-refractivity contribution in [1.29, 1.82) is 0 Å². The molecule has 1 radical (unpaired) electrons. The molecule has 7 heteroatoms. The summed E-state index contributed by atoms with van der Waals surface area (Å²) in [6.45, 7) is 0. The summed E-state index contributed by atoms with van der Waals surface area (Å²) in [6.07, 6.45) is 0. The summed E-state index contributed by atoms with van der Waals surface area (Å²) in [7, 11) is 0. The van der Waals surface area contributed by atoms with E-state index in [-0.39, 0.29) is 17.1 Å². The zero-order chi connectivity index (χ0) is 5.41. The quantitative estimate of drug-likeness (QED) is 0.433. The minimum Gasteiger partial charge on any atom is 2.00 e. The molecule has 0 aromatic carbocycles. The Kier molecular flexibility index (Phi) is 61.1. The van der Waals surface area contributed by atoms with E-state index in [1.165, 1.54) is 0 Å². The molecule has 45 valence electrons. The number of hydrogen-bond donors (Lipinski definition) is 0. The Bertz CT molecular complexity index is 30.7. The second-order valence-corrected chi connectivity index (χ2v) is 0.775. The van der Waals surface area contributed by atoms with E-state index in [1.54, 1.807) is 0 Å². The molecule has 0 aliphatic heterocycles. The molecule has 0 aliphatic rings. The molecule has 4 nitrogen and oxygen atoms in total. The molecule has 0 atom stereocenters. The van der Waals surface area contributed by atoms with Gasteiger partial charge in [-0.3, -0.25) is 0 Å². The van der Waals surface area contributed by atoms with Crippen molar-refractivity contribution in [3.63, 3.8) is 0 Å². The van der Waals surface area contributed by atoms with Crippen LogP contribution in [0.15, 0.2) is 0 Å². The van der Waals surface area contributed by atoms with E-state index in [4.69, 9.17) is 15.7 Å². The van der Waals surface area contributed by atoms with Crippen molar-refractivity contribution in [3.05, 3.63) is 0 Å². The van der Waals surface area contributed by atoms with E-state index in [9.17, 15) is 0 Å².